The van der Waals surface area contributed by atoms with Gasteiger partial charge in [0, 0.05) is 12.1 Å². The Morgan fingerprint density at radius 1 is 1.19 bits per heavy atom. The lowest BCUT2D eigenvalue weighted by molar-refractivity contribution is 0.485. The maximum Gasteiger partial charge on any atom is 0.240 e. The van der Waals surface area contributed by atoms with Gasteiger partial charge in [-0.1, -0.05) is 32.9 Å². The number of nitrogens with two attached hydrogens (primary N) is 1. The van der Waals surface area contributed by atoms with Crippen LogP contribution in [0, 0.1) is 5.92 Å². The highest BCUT2D eigenvalue weighted by Gasteiger charge is 2.18. The molecule has 0 aliphatic rings. The van der Waals surface area contributed by atoms with Gasteiger partial charge in [0.05, 0.1) is 4.90 Å². The van der Waals surface area contributed by atoms with Crippen molar-refractivity contribution in [2.45, 2.75) is 63.9 Å². The van der Waals surface area contributed by atoms with Gasteiger partial charge < -0.3 is 5.73 Å². The third-order valence-corrected chi connectivity index (χ3v) is 5.16. The lowest BCUT2D eigenvalue weighted by Gasteiger charge is -2.16. The standard InChI is InChI=1S/C16H28N2O2S/c1-5-16(17)14-7-6-8-15(11-14)21(19,20)18-13(4)10-9-12(2)3/h6-8,11-13,16,18H,5,9-10,17H2,1-4H3. The molecule has 3 N–H and O–H groups in total. The van der Waals surface area contributed by atoms with Crippen LogP contribution >= 0.6 is 0 Å². The number of sulfonamides is 1. The smallest absolute Gasteiger partial charge is 0.240 e. The van der Waals surface area contributed by atoms with E-state index in [4.69, 9.17) is 5.73 Å². The summed E-state index contributed by atoms with van der Waals surface area (Å²) in [5, 5.41) is 0. The van der Waals surface area contributed by atoms with Crippen LogP contribution in [-0.2, 0) is 10.0 Å². The third-order valence-electron chi connectivity index (χ3n) is 3.57. The predicted molar refractivity (Wildman–Crippen MR) is 87.5 cm³/mol. The van der Waals surface area contributed by atoms with Gasteiger partial charge in [0.15, 0.2) is 0 Å². The summed E-state index contributed by atoms with van der Waals surface area (Å²) < 4.78 is 27.5. The van der Waals surface area contributed by atoms with Gasteiger partial charge in [0.25, 0.3) is 0 Å². The lowest BCUT2D eigenvalue weighted by Crippen LogP contribution is -2.32. The maximum atomic E-state index is 12.4. The molecule has 0 saturated carbocycles. The zero-order chi connectivity index (χ0) is 16.0. The van der Waals surface area contributed by atoms with E-state index in [9.17, 15) is 8.42 Å². The van der Waals surface area contributed by atoms with Crippen LogP contribution in [0.1, 0.15) is 58.6 Å². The summed E-state index contributed by atoms with van der Waals surface area (Å²) in [5.41, 5.74) is 6.83. The molecule has 1 rings (SSSR count). The minimum Gasteiger partial charge on any atom is -0.324 e. The fourth-order valence-corrected chi connectivity index (χ4v) is 3.46. The molecule has 0 heterocycles. The minimum atomic E-state index is -3.48. The van der Waals surface area contributed by atoms with E-state index in [1.54, 1.807) is 18.2 Å². The topological polar surface area (TPSA) is 72.2 Å². The van der Waals surface area contributed by atoms with Crippen LogP contribution in [0.2, 0.25) is 0 Å². The molecular formula is C16H28N2O2S. The summed E-state index contributed by atoms with van der Waals surface area (Å²) in [7, 11) is -3.48. The molecule has 0 aromatic heterocycles. The molecule has 1 aromatic carbocycles. The second-order valence-corrected chi connectivity index (χ2v) is 7.79. The normalized spacial score (nSPS) is 15.1. The van der Waals surface area contributed by atoms with Crippen molar-refractivity contribution in [1.29, 1.82) is 0 Å². The van der Waals surface area contributed by atoms with Crippen LogP contribution in [0.25, 0.3) is 0 Å². The van der Waals surface area contributed by atoms with E-state index < -0.39 is 10.0 Å². The largest absolute Gasteiger partial charge is 0.324 e. The van der Waals surface area contributed by atoms with Crippen molar-refractivity contribution in [3.05, 3.63) is 29.8 Å². The van der Waals surface area contributed by atoms with Gasteiger partial charge in [-0.05, 0) is 49.8 Å². The second kappa shape index (κ2) is 7.92. The summed E-state index contributed by atoms with van der Waals surface area (Å²) in [6.45, 7) is 8.16. The molecule has 0 fully saturated rings. The summed E-state index contributed by atoms with van der Waals surface area (Å²) in [6, 6.07) is 6.71. The molecule has 2 atom stereocenters. The number of rotatable bonds is 8. The number of benzene rings is 1. The predicted octanol–water partition coefficient (Wildman–Crippen LogP) is 3.20. The van der Waals surface area contributed by atoms with Crippen molar-refractivity contribution < 1.29 is 8.42 Å². The number of hydrogen-bond donors (Lipinski definition) is 2. The summed E-state index contributed by atoms with van der Waals surface area (Å²) in [6.07, 6.45) is 2.62. The van der Waals surface area contributed by atoms with E-state index >= 15 is 0 Å². The fourth-order valence-electron chi connectivity index (χ4n) is 2.12. The van der Waals surface area contributed by atoms with Gasteiger partial charge in [-0.3, -0.25) is 0 Å². The Hall–Kier alpha value is -0.910. The first-order chi connectivity index (χ1) is 9.76. The van der Waals surface area contributed by atoms with Crippen LogP contribution in [0.5, 0.6) is 0 Å². The van der Waals surface area contributed by atoms with Gasteiger partial charge in [0.1, 0.15) is 0 Å². The zero-order valence-electron chi connectivity index (χ0n) is 13.5. The molecule has 4 nitrogen and oxygen atoms in total. The van der Waals surface area contributed by atoms with Gasteiger partial charge in [0.2, 0.25) is 10.0 Å². The molecule has 0 spiro atoms. The van der Waals surface area contributed by atoms with Gasteiger partial charge in [-0.15, -0.1) is 0 Å². The van der Waals surface area contributed by atoms with Gasteiger partial charge in [-0.25, -0.2) is 13.1 Å². The SMILES string of the molecule is CCC(N)c1cccc(S(=O)(=O)NC(C)CCC(C)C)c1. The van der Waals surface area contributed by atoms with E-state index in [1.165, 1.54) is 0 Å². The molecular weight excluding hydrogens is 284 g/mol. The summed E-state index contributed by atoms with van der Waals surface area (Å²) in [4.78, 5) is 0.292. The molecule has 0 radical (unpaired) electrons. The Balaban J connectivity index is 2.83. The molecule has 1 aromatic rings. The molecule has 0 bridgehead atoms. The van der Waals surface area contributed by atoms with Crippen molar-refractivity contribution in [3.63, 3.8) is 0 Å². The van der Waals surface area contributed by atoms with E-state index in [1.807, 2.05) is 19.9 Å². The quantitative estimate of drug-likeness (QED) is 0.774. The van der Waals surface area contributed by atoms with Crippen LogP contribution in [0.3, 0.4) is 0 Å². The Morgan fingerprint density at radius 3 is 2.43 bits per heavy atom. The van der Waals surface area contributed by atoms with Crippen LogP contribution in [-0.4, -0.2) is 14.5 Å². The average molecular weight is 312 g/mol. The maximum absolute atomic E-state index is 12.4. The first-order valence-electron chi connectivity index (χ1n) is 7.64. The Kier molecular flexibility index (Phi) is 6.84. The van der Waals surface area contributed by atoms with E-state index in [0.29, 0.717) is 10.8 Å². The molecule has 0 aliphatic carbocycles. The highest BCUT2D eigenvalue weighted by Crippen LogP contribution is 2.19. The van der Waals surface area contributed by atoms with E-state index in [-0.39, 0.29) is 12.1 Å². The minimum absolute atomic E-state index is 0.0686. The second-order valence-electron chi connectivity index (χ2n) is 6.08. The Morgan fingerprint density at radius 2 is 1.86 bits per heavy atom. The first-order valence-corrected chi connectivity index (χ1v) is 9.12. The molecule has 5 heteroatoms. The van der Waals surface area contributed by atoms with Crippen molar-refractivity contribution >= 4 is 10.0 Å². The molecule has 120 valence electrons. The number of nitrogens with one attached hydrogen (secondary N) is 1. The van der Waals surface area contributed by atoms with E-state index in [2.05, 4.69) is 18.6 Å². The van der Waals surface area contributed by atoms with Crippen molar-refractivity contribution in [2.75, 3.05) is 0 Å². The first kappa shape index (κ1) is 18.1. The molecule has 2 unspecified atom stereocenters. The molecule has 0 aliphatic heterocycles. The average Bonchev–Trinajstić information content (AvgIpc) is 2.44. The summed E-state index contributed by atoms with van der Waals surface area (Å²) in [5.74, 6) is 0.572. The van der Waals surface area contributed by atoms with Crippen LogP contribution < -0.4 is 10.5 Å². The Labute approximate surface area is 129 Å². The zero-order valence-corrected chi connectivity index (χ0v) is 14.3. The van der Waals surface area contributed by atoms with Crippen molar-refractivity contribution in [1.82, 2.24) is 4.72 Å². The van der Waals surface area contributed by atoms with Crippen molar-refractivity contribution in [2.24, 2.45) is 11.7 Å². The third kappa shape index (κ3) is 5.77. The monoisotopic (exact) mass is 312 g/mol. The highest BCUT2D eigenvalue weighted by atomic mass is 32.2. The van der Waals surface area contributed by atoms with Crippen LogP contribution in [0.15, 0.2) is 29.2 Å². The van der Waals surface area contributed by atoms with Crippen LogP contribution in [0.4, 0.5) is 0 Å². The molecule has 0 saturated heterocycles. The highest BCUT2D eigenvalue weighted by molar-refractivity contribution is 7.89. The fraction of sp³-hybridized carbons (Fsp3) is 0.625. The molecule has 0 amide bonds. The Bertz CT molecular complexity index is 541. The van der Waals surface area contributed by atoms with Gasteiger partial charge >= 0.3 is 0 Å². The summed E-state index contributed by atoms with van der Waals surface area (Å²) >= 11 is 0. The lowest BCUT2D eigenvalue weighted by atomic mass is 10.1. The van der Waals surface area contributed by atoms with Crippen molar-refractivity contribution in [3.8, 4) is 0 Å². The number of hydrogen-bond acceptors (Lipinski definition) is 3. The van der Waals surface area contributed by atoms with E-state index in [0.717, 1.165) is 24.8 Å². The van der Waals surface area contributed by atoms with Gasteiger partial charge in [-0.2, -0.15) is 0 Å². The molecule has 21 heavy (non-hydrogen) atoms.